The molecule has 0 heterocycles. The topological polar surface area (TPSA) is 135 Å². The molecule has 0 saturated heterocycles. The molecule has 0 unspecified atom stereocenters. The van der Waals surface area contributed by atoms with Crippen LogP contribution in [0.1, 0.15) is 6.42 Å². The summed E-state index contributed by atoms with van der Waals surface area (Å²) in [6, 6.07) is 5.22. The van der Waals surface area contributed by atoms with Crippen LogP contribution in [0.4, 0.5) is 18.0 Å². The van der Waals surface area contributed by atoms with Crippen LogP contribution in [0.3, 0.4) is 0 Å². The van der Waals surface area contributed by atoms with E-state index in [0.717, 1.165) is 35.4 Å². The number of rotatable bonds is 14. The van der Waals surface area contributed by atoms with Crippen molar-refractivity contribution in [2.24, 2.45) is 0 Å². The zero-order chi connectivity index (χ0) is 28.3. The molecule has 0 aliphatic rings. The SMILES string of the molecule is C=CN(CCCN(CC(=O)NO)S(=O)(=O)c1cc(F)c(Oc2ccc(F)cc2)c(F)c1)C(=O)OCCOC. The molecule has 208 valence electrons. The number of amides is 2. The molecule has 38 heavy (non-hydrogen) atoms. The van der Waals surface area contributed by atoms with Gasteiger partial charge in [-0.15, -0.1) is 0 Å². The molecule has 0 aliphatic carbocycles. The first-order valence-corrected chi connectivity index (χ1v) is 12.4. The number of hydroxylamine groups is 1. The normalized spacial score (nSPS) is 11.2. The number of nitrogens with zero attached hydrogens (tertiary/aromatic N) is 2. The van der Waals surface area contributed by atoms with Gasteiger partial charge in [0.2, 0.25) is 10.0 Å². The highest BCUT2D eigenvalue weighted by atomic mass is 32.2. The lowest BCUT2D eigenvalue weighted by Crippen LogP contribution is -2.41. The number of halogens is 3. The molecular weight excluding hydrogens is 535 g/mol. The molecular formula is C23H26F3N3O8S. The average molecular weight is 562 g/mol. The fourth-order valence-corrected chi connectivity index (χ4v) is 4.46. The lowest BCUT2D eigenvalue weighted by atomic mass is 10.3. The van der Waals surface area contributed by atoms with Gasteiger partial charge < -0.3 is 14.2 Å². The number of hydrogen-bond acceptors (Lipinski definition) is 8. The molecule has 2 aromatic carbocycles. The number of carbonyl (C=O) groups is 2. The largest absolute Gasteiger partial charge is 0.451 e. The Balaban J connectivity index is 2.23. The van der Waals surface area contributed by atoms with Crippen LogP contribution in [0, 0.1) is 17.5 Å². The summed E-state index contributed by atoms with van der Waals surface area (Å²) >= 11 is 0. The highest BCUT2D eigenvalue weighted by molar-refractivity contribution is 7.89. The van der Waals surface area contributed by atoms with Crippen molar-refractivity contribution in [1.82, 2.24) is 14.7 Å². The van der Waals surface area contributed by atoms with Crippen molar-refractivity contribution in [2.75, 3.05) is 40.0 Å². The number of carbonyl (C=O) groups excluding carboxylic acids is 2. The lowest BCUT2D eigenvalue weighted by Gasteiger charge is -2.23. The van der Waals surface area contributed by atoms with Gasteiger partial charge in [0, 0.05) is 26.4 Å². The Morgan fingerprint density at radius 3 is 2.26 bits per heavy atom. The van der Waals surface area contributed by atoms with E-state index in [9.17, 15) is 31.2 Å². The predicted molar refractivity (Wildman–Crippen MR) is 126 cm³/mol. The maximum absolute atomic E-state index is 14.7. The second-order valence-corrected chi connectivity index (χ2v) is 9.42. The Morgan fingerprint density at radius 1 is 1.08 bits per heavy atom. The van der Waals surface area contributed by atoms with Crippen LogP contribution >= 0.6 is 0 Å². The van der Waals surface area contributed by atoms with Crippen molar-refractivity contribution >= 4 is 22.0 Å². The third-order valence-corrected chi connectivity index (χ3v) is 6.69. The molecule has 0 atom stereocenters. The smallest absolute Gasteiger partial charge is 0.413 e. The van der Waals surface area contributed by atoms with Crippen molar-refractivity contribution < 1.29 is 50.6 Å². The predicted octanol–water partition coefficient (Wildman–Crippen LogP) is 3.01. The second kappa shape index (κ2) is 14.3. The Labute approximate surface area is 217 Å². The summed E-state index contributed by atoms with van der Waals surface area (Å²) in [5.41, 5.74) is 1.29. The summed E-state index contributed by atoms with van der Waals surface area (Å²) < 4.78 is 84.1. The third kappa shape index (κ3) is 8.44. The molecule has 0 aromatic heterocycles. The van der Waals surface area contributed by atoms with Crippen LogP contribution in [0.5, 0.6) is 11.5 Å². The minimum atomic E-state index is -4.69. The van der Waals surface area contributed by atoms with E-state index in [4.69, 9.17) is 19.4 Å². The summed E-state index contributed by atoms with van der Waals surface area (Å²) in [6.07, 6.45) is 0.319. The van der Waals surface area contributed by atoms with Crippen molar-refractivity contribution in [3.8, 4) is 11.5 Å². The number of ether oxygens (including phenoxy) is 3. The van der Waals surface area contributed by atoms with E-state index < -0.39 is 63.2 Å². The van der Waals surface area contributed by atoms with E-state index in [1.54, 1.807) is 0 Å². The summed E-state index contributed by atoms with van der Waals surface area (Å²) in [4.78, 5) is 24.0. The maximum Gasteiger partial charge on any atom is 0.413 e. The Hall–Kier alpha value is -3.66. The lowest BCUT2D eigenvalue weighted by molar-refractivity contribution is -0.129. The van der Waals surface area contributed by atoms with Gasteiger partial charge in [0.1, 0.15) is 18.2 Å². The van der Waals surface area contributed by atoms with Gasteiger partial charge in [-0.3, -0.25) is 14.9 Å². The van der Waals surface area contributed by atoms with Crippen molar-refractivity contribution in [3.05, 3.63) is 66.6 Å². The third-order valence-electron chi connectivity index (χ3n) is 4.86. The van der Waals surface area contributed by atoms with E-state index in [-0.39, 0.29) is 31.9 Å². The monoisotopic (exact) mass is 561 g/mol. The van der Waals surface area contributed by atoms with Crippen LogP contribution in [-0.2, 0) is 24.3 Å². The van der Waals surface area contributed by atoms with E-state index in [2.05, 4.69) is 6.58 Å². The van der Waals surface area contributed by atoms with Gasteiger partial charge in [0.05, 0.1) is 18.0 Å². The van der Waals surface area contributed by atoms with Crippen molar-refractivity contribution in [3.63, 3.8) is 0 Å². The van der Waals surface area contributed by atoms with Crippen molar-refractivity contribution in [1.29, 1.82) is 0 Å². The van der Waals surface area contributed by atoms with Gasteiger partial charge >= 0.3 is 6.09 Å². The highest BCUT2D eigenvalue weighted by Gasteiger charge is 2.29. The van der Waals surface area contributed by atoms with E-state index >= 15 is 0 Å². The second-order valence-electron chi connectivity index (χ2n) is 7.48. The summed E-state index contributed by atoms with van der Waals surface area (Å²) in [7, 11) is -3.27. The van der Waals surface area contributed by atoms with Crippen LogP contribution in [-0.4, -0.2) is 74.8 Å². The first-order valence-electron chi connectivity index (χ1n) is 10.9. The van der Waals surface area contributed by atoms with Crippen LogP contribution in [0.2, 0.25) is 0 Å². The minimum Gasteiger partial charge on any atom is -0.451 e. The number of hydrogen-bond donors (Lipinski definition) is 2. The standard InChI is InChI=1S/C23H26F3N3O8S/c1-3-28(23(31)36-12-11-35-2)9-4-10-29(15-21(30)27-32)38(33,34)18-13-19(25)22(20(26)14-18)37-17-7-5-16(24)6-8-17/h3,5-8,13-14,32H,1,4,9-12,15H2,2H3,(H,27,30). The van der Waals surface area contributed by atoms with Gasteiger partial charge in [0.25, 0.3) is 5.91 Å². The van der Waals surface area contributed by atoms with E-state index in [1.165, 1.54) is 12.6 Å². The number of sulfonamides is 1. The van der Waals surface area contributed by atoms with E-state index in [0.29, 0.717) is 16.4 Å². The quantitative estimate of drug-likeness (QED) is 0.204. The van der Waals surface area contributed by atoms with Crippen LogP contribution in [0.25, 0.3) is 0 Å². The molecule has 2 amide bonds. The molecule has 0 aliphatic heterocycles. The zero-order valence-corrected chi connectivity index (χ0v) is 21.0. The number of nitrogens with one attached hydrogen (secondary N) is 1. The Bertz CT molecular complexity index is 1210. The van der Waals surface area contributed by atoms with Gasteiger partial charge in [-0.05, 0) is 42.8 Å². The Kier molecular flexibility index (Phi) is 11.5. The molecule has 0 bridgehead atoms. The first kappa shape index (κ1) is 30.6. The first-order chi connectivity index (χ1) is 18.0. The fourth-order valence-electron chi connectivity index (χ4n) is 3.00. The molecule has 0 spiro atoms. The molecule has 11 nitrogen and oxygen atoms in total. The van der Waals surface area contributed by atoms with Crippen LogP contribution in [0.15, 0.2) is 54.1 Å². The molecule has 2 rings (SSSR count). The van der Waals surface area contributed by atoms with E-state index in [1.807, 2.05) is 0 Å². The summed E-state index contributed by atoms with van der Waals surface area (Å²) in [5, 5.41) is 8.86. The summed E-state index contributed by atoms with van der Waals surface area (Å²) in [6.45, 7) is 2.21. The van der Waals surface area contributed by atoms with Gasteiger partial charge in [0.15, 0.2) is 17.4 Å². The molecule has 2 aromatic rings. The molecule has 15 heteroatoms. The molecule has 0 radical (unpaired) electrons. The van der Waals surface area contributed by atoms with Gasteiger partial charge in [-0.2, -0.15) is 4.31 Å². The average Bonchev–Trinajstić information content (AvgIpc) is 2.88. The maximum atomic E-state index is 14.7. The minimum absolute atomic E-state index is 0.0329. The van der Waals surface area contributed by atoms with Gasteiger partial charge in [-0.25, -0.2) is 31.9 Å². The Morgan fingerprint density at radius 2 is 1.71 bits per heavy atom. The summed E-state index contributed by atoms with van der Waals surface area (Å²) in [5.74, 6) is -5.51. The van der Waals surface area contributed by atoms with Gasteiger partial charge in [-0.1, -0.05) is 6.58 Å². The highest BCUT2D eigenvalue weighted by Crippen LogP contribution is 2.31. The number of benzene rings is 2. The van der Waals surface area contributed by atoms with Crippen molar-refractivity contribution in [2.45, 2.75) is 11.3 Å². The molecule has 0 saturated carbocycles. The zero-order valence-electron chi connectivity index (χ0n) is 20.2. The molecule has 2 N–H and O–H groups in total. The molecule has 0 fully saturated rings. The fraction of sp³-hybridized carbons (Fsp3) is 0.304. The number of methoxy groups -OCH3 is 1. The van der Waals surface area contributed by atoms with Crippen LogP contribution < -0.4 is 10.2 Å².